The number of benzene rings is 3. The molecule has 1 heterocycles. The summed E-state index contributed by atoms with van der Waals surface area (Å²) in [5.74, 6) is 0.147. The van der Waals surface area contributed by atoms with Gasteiger partial charge in [0.15, 0.2) is 5.76 Å². The number of hydrogen-bond acceptors (Lipinski definition) is 4. The summed E-state index contributed by atoms with van der Waals surface area (Å²) < 4.78 is 5.52. The van der Waals surface area contributed by atoms with Crippen molar-refractivity contribution in [3.63, 3.8) is 0 Å². The molecular formula is C25H18ClN3O2. The molecule has 4 aromatic rings. The second-order valence-corrected chi connectivity index (χ2v) is 7.37. The topological polar surface area (TPSA) is 78.9 Å². The van der Waals surface area contributed by atoms with Gasteiger partial charge in [0.1, 0.15) is 17.2 Å². The molecule has 0 fully saturated rings. The first-order valence-electron chi connectivity index (χ1n) is 9.75. The number of nitriles is 1. The van der Waals surface area contributed by atoms with Gasteiger partial charge in [-0.25, -0.2) is 0 Å². The predicted octanol–water partition coefficient (Wildman–Crippen LogP) is 6.26. The van der Waals surface area contributed by atoms with E-state index < -0.39 is 5.91 Å². The first-order valence-corrected chi connectivity index (χ1v) is 10.1. The first kappa shape index (κ1) is 20.4. The van der Waals surface area contributed by atoms with E-state index in [9.17, 15) is 10.1 Å². The molecule has 0 spiro atoms. The van der Waals surface area contributed by atoms with Crippen LogP contribution in [0.25, 0.3) is 28.3 Å². The molecule has 1 aromatic heterocycles. The summed E-state index contributed by atoms with van der Waals surface area (Å²) in [6.45, 7) is 2.01. The third-order valence-corrected chi connectivity index (χ3v) is 5.18. The van der Waals surface area contributed by atoms with Crippen molar-refractivity contribution in [2.24, 2.45) is 0 Å². The molecule has 0 radical (unpaired) electrons. The highest BCUT2D eigenvalue weighted by atomic mass is 35.5. The van der Waals surface area contributed by atoms with Gasteiger partial charge in [-0.15, -0.1) is 0 Å². The van der Waals surface area contributed by atoms with Crippen molar-refractivity contribution in [1.82, 2.24) is 5.16 Å². The molecule has 0 saturated carbocycles. The molecule has 0 aliphatic heterocycles. The molecule has 0 aliphatic rings. The van der Waals surface area contributed by atoms with Crippen LogP contribution in [-0.2, 0) is 11.2 Å². The number of anilines is 1. The molecule has 152 valence electrons. The fourth-order valence-electron chi connectivity index (χ4n) is 3.31. The highest BCUT2D eigenvalue weighted by Crippen LogP contribution is 2.30. The smallest absolute Gasteiger partial charge is 0.266 e. The summed E-state index contributed by atoms with van der Waals surface area (Å²) in [7, 11) is 0. The minimum absolute atomic E-state index is 0.00903. The Morgan fingerprint density at radius 1 is 1.16 bits per heavy atom. The maximum absolute atomic E-state index is 12.7. The number of hydrogen-bond donors (Lipinski definition) is 1. The van der Waals surface area contributed by atoms with E-state index >= 15 is 0 Å². The number of carbonyl (C=O) groups excluding carboxylic acids is 1. The summed E-state index contributed by atoms with van der Waals surface area (Å²) in [4.78, 5) is 12.7. The lowest BCUT2D eigenvalue weighted by molar-refractivity contribution is -0.112. The lowest BCUT2D eigenvalue weighted by Gasteiger charge is -2.09. The number of halogens is 1. The van der Waals surface area contributed by atoms with Gasteiger partial charge in [-0.1, -0.05) is 47.9 Å². The van der Waals surface area contributed by atoms with Gasteiger partial charge in [0.05, 0.1) is 5.39 Å². The van der Waals surface area contributed by atoms with Crippen LogP contribution in [0.15, 0.2) is 76.8 Å². The van der Waals surface area contributed by atoms with Crippen LogP contribution in [0.1, 0.15) is 18.1 Å². The Bertz CT molecular complexity index is 1330. The number of fused-ring (bicyclic) bond motifs is 1. The summed E-state index contributed by atoms with van der Waals surface area (Å²) in [5.41, 5.74) is 3.93. The van der Waals surface area contributed by atoms with Gasteiger partial charge < -0.3 is 9.84 Å². The number of amides is 1. The Balaban J connectivity index is 1.67. The molecule has 5 nitrogen and oxygen atoms in total. The fraction of sp³-hybridized carbons (Fsp3) is 0.0800. The van der Waals surface area contributed by atoms with Gasteiger partial charge in [0, 0.05) is 16.3 Å². The minimum Gasteiger partial charge on any atom is -0.355 e. The maximum Gasteiger partial charge on any atom is 0.266 e. The number of aromatic nitrogens is 1. The Labute approximate surface area is 184 Å². The number of nitrogens with one attached hydrogen (secondary N) is 1. The van der Waals surface area contributed by atoms with E-state index in [4.69, 9.17) is 16.1 Å². The van der Waals surface area contributed by atoms with E-state index in [0.717, 1.165) is 22.9 Å². The Kier molecular flexibility index (Phi) is 5.83. The predicted molar refractivity (Wildman–Crippen MR) is 122 cm³/mol. The van der Waals surface area contributed by atoms with Gasteiger partial charge in [-0.2, -0.15) is 5.26 Å². The standard InChI is InChI=1S/C25H18ClN3O2/c1-2-17-5-3-4-6-22(17)28-25(30)19(15-27)13-16-7-12-23-21(14-16)24(31-29-23)18-8-10-20(26)11-9-18/h3-14H,2H2,1H3,(H,28,30)/b19-13+. The number of rotatable bonds is 5. The average Bonchev–Trinajstić information content (AvgIpc) is 3.21. The van der Waals surface area contributed by atoms with E-state index in [2.05, 4.69) is 10.5 Å². The van der Waals surface area contributed by atoms with Crippen molar-refractivity contribution < 1.29 is 9.32 Å². The van der Waals surface area contributed by atoms with Crippen LogP contribution in [-0.4, -0.2) is 11.1 Å². The van der Waals surface area contributed by atoms with Gasteiger partial charge in [0.2, 0.25) is 0 Å². The van der Waals surface area contributed by atoms with E-state index in [-0.39, 0.29) is 5.57 Å². The van der Waals surface area contributed by atoms with Gasteiger partial charge in [-0.05, 0) is 66.1 Å². The van der Waals surface area contributed by atoms with Crippen LogP contribution in [0.3, 0.4) is 0 Å². The van der Waals surface area contributed by atoms with Crippen molar-refractivity contribution >= 4 is 40.2 Å². The van der Waals surface area contributed by atoms with Gasteiger partial charge in [0.25, 0.3) is 5.91 Å². The van der Waals surface area contributed by atoms with Crippen LogP contribution in [0.2, 0.25) is 5.02 Å². The monoisotopic (exact) mass is 427 g/mol. The van der Waals surface area contributed by atoms with Gasteiger partial charge >= 0.3 is 0 Å². The zero-order valence-electron chi connectivity index (χ0n) is 16.7. The zero-order valence-corrected chi connectivity index (χ0v) is 17.5. The average molecular weight is 428 g/mol. The third kappa shape index (κ3) is 4.35. The highest BCUT2D eigenvalue weighted by Gasteiger charge is 2.14. The molecule has 1 N–H and O–H groups in total. The van der Waals surface area contributed by atoms with Crippen molar-refractivity contribution in [2.75, 3.05) is 5.32 Å². The van der Waals surface area contributed by atoms with Crippen molar-refractivity contribution in [3.05, 3.63) is 88.5 Å². The maximum atomic E-state index is 12.7. The van der Waals surface area contributed by atoms with Crippen molar-refractivity contribution in [2.45, 2.75) is 13.3 Å². The molecule has 0 bridgehead atoms. The lowest BCUT2D eigenvalue weighted by Crippen LogP contribution is -2.14. The number of nitrogens with zero attached hydrogens (tertiary/aromatic N) is 2. The number of aryl methyl sites for hydroxylation is 1. The second kappa shape index (κ2) is 8.86. The Morgan fingerprint density at radius 2 is 1.94 bits per heavy atom. The molecule has 4 rings (SSSR count). The normalized spacial score (nSPS) is 11.3. The van der Waals surface area contributed by atoms with E-state index in [1.807, 2.05) is 55.5 Å². The van der Waals surface area contributed by atoms with Crippen molar-refractivity contribution in [3.8, 4) is 17.4 Å². The molecule has 0 saturated heterocycles. The van der Waals surface area contributed by atoms with Crippen LogP contribution >= 0.6 is 11.6 Å². The molecule has 0 unspecified atom stereocenters. The van der Waals surface area contributed by atoms with Crippen LogP contribution in [0.4, 0.5) is 5.69 Å². The van der Waals surface area contributed by atoms with Crippen LogP contribution in [0.5, 0.6) is 0 Å². The van der Waals surface area contributed by atoms with Crippen molar-refractivity contribution in [1.29, 1.82) is 5.26 Å². The molecule has 0 atom stereocenters. The second-order valence-electron chi connectivity index (χ2n) is 6.93. The SMILES string of the molecule is CCc1ccccc1NC(=O)/C(C#N)=C/c1ccc2noc(-c3ccc(Cl)cc3)c2c1. The van der Waals surface area contributed by atoms with E-state index in [1.165, 1.54) is 0 Å². The summed E-state index contributed by atoms with van der Waals surface area (Å²) in [6.07, 6.45) is 2.33. The Hall–Kier alpha value is -3.88. The molecule has 0 aliphatic carbocycles. The highest BCUT2D eigenvalue weighted by molar-refractivity contribution is 6.30. The summed E-state index contributed by atoms with van der Waals surface area (Å²) in [5, 5.41) is 17.9. The first-order chi connectivity index (χ1) is 15.1. The molecule has 3 aromatic carbocycles. The van der Waals surface area contributed by atoms with E-state index in [1.54, 1.807) is 30.3 Å². The summed E-state index contributed by atoms with van der Waals surface area (Å²) in [6, 6.07) is 22.2. The fourth-order valence-corrected chi connectivity index (χ4v) is 3.44. The molecule has 31 heavy (non-hydrogen) atoms. The number of carbonyl (C=O) groups is 1. The molecule has 6 heteroatoms. The molecule has 1 amide bonds. The lowest BCUT2D eigenvalue weighted by atomic mass is 10.0. The minimum atomic E-state index is -0.452. The largest absolute Gasteiger partial charge is 0.355 e. The summed E-state index contributed by atoms with van der Waals surface area (Å²) >= 11 is 5.97. The van der Waals surface area contributed by atoms with Gasteiger partial charge in [-0.3, -0.25) is 4.79 Å². The number of para-hydroxylation sites is 1. The third-order valence-electron chi connectivity index (χ3n) is 4.93. The molecular weight excluding hydrogens is 410 g/mol. The Morgan fingerprint density at radius 3 is 2.68 bits per heavy atom. The van der Waals surface area contributed by atoms with E-state index in [0.29, 0.717) is 27.6 Å². The quantitative estimate of drug-likeness (QED) is 0.301. The zero-order chi connectivity index (χ0) is 21.8. The van der Waals surface area contributed by atoms with Crippen LogP contribution in [0, 0.1) is 11.3 Å². The van der Waals surface area contributed by atoms with Crippen LogP contribution < -0.4 is 5.32 Å².